The molecule has 0 bridgehead atoms. The molecule has 9 heteroatoms. The van der Waals surface area contributed by atoms with E-state index in [0.29, 0.717) is 44.0 Å². The van der Waals surface area contributed by atoms with Gasteiger partial charge in [-0.25, -0.2) is 0 Å². The lowest BCUT2D eigenvalue weighted by Crippen LogP contribution is -1.99. The van der Waals surface area contributed by atoms with Crippen molar-refractivity contribution in [1.29, 1.82) is 0 Å². The molecule has 0 saturated heterocycles. The molecule has 22 heavy (non-hydrogen) atoms. The normalized spacial score (nSPS) is 11.0. The Kier molecular flexibility index (Phi) is 3.99. The Hall–Kier alpha value is -1.76. The molecule has 0 fully saturated rings. The van der Waals surface area contributed by atoms with Crippen LogP contribution in [0.2, 0.25) is 15.1 Å². The molecule has 0 saturated carbocycles. The molecule has 0 aliphatic heterocycles. The second-order valence-electron chi connectivity index (χ2n) is 4.23. The summed E-state index contributed by atoms with van der Waals surface area (Å²) in [4.78, 5) is 8.52. The van der Waals surface area contributed by atoms with Crippen LogP contribution in [0.5, 0.6) is 11.8 Å². The summed E-state index contributed by atoms with van der Waals surface area (Å²) in [6, 6.07) is 4.74. The molecule has 0 spiro atoms. The van der Waals surface area contributed by atoms with E-state index in [0.717, 1.165) is 0 Å². The molecule has 0 aliphatic rings. The van der Waals surface area contributed by atoms with Crippen LogP contribution in [-0.2, 0) is 0 Å². The third-order valence-electron chi connectivity index (χ3n) is 2.90. The van der Waals surface area contributed by atoms with Gasteiger partial charge >= 0.3 is 0 Å². The van der Waals surface area contributed by atoms with Gasteiger partial charge in [-0.2, -0.15) is 14.5 Å². The molecule has 0 radical (unpaired) electrons. The van der Waals surface area contributed by atoms with Crippen molar-refractivity contribution in [1.82, 2.24) is 19.6 Å². The number of ether oxygens (including phenoxy) is 2. The maximum atomic E-state index is 6.19. The molecule has 6 nitrogen and oxygen atoms in total. The van der Waals surface area contributed by atoms with Crippen LogP contribution in [-0.4, -0.2) is 33.8 Å². The Labute approximate surface area is 140 Å². The molecule has 0 amide bonds. The van der Waals surface area contributed by atoms with Crippen LogP contribution in [0.4, 0.5) is 0 Å². The smallest absolute Gasteiger partial charge is 0.259 e. The second-order valence-corrected chi connectivity index (χ2v) is 5.48. The first-order valence-corrected chi connectivity index (χ1v) is 7.17. The van der Waals surface area contributed by atoms with Gasteiger partial charge < -0.3 is 9.47 Å². The highest BCUT2D eigenvalue weighted by molar-refractivity contribution is 6.41. The molecule has 3 rings (SSSR count). The number of aromatic nitrogens is 4. The van der Waals surface area contributed by atoms with Crippen LogP contribution in [0.15, 0.2) is 18.2 Å². The van der Waals surface area contributed by atoms with Gasteiger partial charge in [-0.1, -0.05) is 34.8 Å². The number of benzene rings is 1. The van der Waals surface area contributed by atoms with Crippen molar-refractivity contribution < 1.29 is 9.47 Å². The lowest BCUT2D eigenvalue weighted by molar-refractivity contribution is 0.365. The summed E-state index contributed by atoms with van der Waals surface area (Å²) in [5.74, 6) is 1.39. The molecule has 0 N–H and O–H groups in total. The predicted octanol–water partition coefficient (Wildman–Crippen LogP) is 3.77. The first-order valence-electron chi connectivity index (χ1n) is 6.04. The van der Waals surface area contributed by atoms with E-state index >= 15 is 0 Å². The molecule has 3 aromatic rings. The van der Waals surface area contributed by atoms with Crippen molar-refractivity contribution in [2.75, 3.05) is 14.2 Å². The zero-order valence-electron chi connectivity index (χ0n) is 11.5. The molecule has 114 valence electrons. The Morgan fingerprint density at radius 1 is 0.955 bits per heavy atom. The molecule has 0 aliphatic carbocycles. The topological polar surface area (TPSA) is 61.5 Å². The molecular weight excluding hydrogens is 351 g/mol. The van der Waals surface area contributed by atoms with E-state index in [1.165, 1.54) is 18.7 Å². The number of hydrogen-bond donors (Lipinski definition) is 0. The van der Waals surface area contributed by atoms with Crippen molar-refractivity contribution >= 4 is 40.6 Å². The Bertz CT molecular complexity index is 843. The van der Waals surface area contributed by atoms with E-state index in [-0.39, 0.29) is 0 Å². The number of rotatable bonds is 3. The maximum Gasteiger partial charge on any atom is 0.259 e. The molecule has 0 unspecified atom stereocenters. The predicted molar refractivity (Wildman–Crippen MR) is 84.4 cm³/mol. The largest absolute Gasteiger partial charge is 0.481 e. The average Bonchev–Trinajstić information content (AvgIpc) is 2.88. The number of hydrogen-bond acceptors (Lipinski definition) is 5. The van der Waals surface area contributed by atoms with Crippen LogP contribution in [0, 0.1) is 0 Å². The fraction of sp³-hybridized carbons (Fsp3) is 0.154. The Balaban J connectivity index is 2.25. The van der Waals surface area contributed by atoms with E-state index in [9.17, 15) is 0 Å². The van der Waals surface area contributed by atoms with Gasteiger partial charge in [0.1, 0.15) is 0 Å². The zero-order chi connectivity index (χ0) is 15.9. The zero-order valence-corrected chi connectivity index (χ0v) is 13.7. The fourth-order valence-corrected chi connectivity index (χ4v) is 2.92. The van der Waals surface area contributed by atoms with Gasteiger partial charge in [0, 0.05) is 5.02 Å². The van der Waals surface area contributed by atoms with Gasteiger partial charge in [0.25, 0.3) is 5.78 Å². The number of methoxy groups -OCH3 is 2. The van der Waals surface area contributed by atoms with Gasteiger partial charge in [0.15, 0.2) is 5.82 Å². The van der Waals surface area contributed by atoms with E-state index in [2.05, 4.69) is 15.1 Å². The van der Waals surface area contributed by atoms with Crippen LogP contribution >= 0.6 is 34.8 Å². The average molecular weight is 360 g/mol. The van der Waals surface area contributed by atoms with Crippen molar-refractivity contribution in [2.24, 2.45) is 0 Å². The lowest BCUT2D eigenvalue weighted by atomic mass is 10.2. The quantitative estimate of drug-likeness (QED) is 0.712. The summed E-state index contributed by atoms with van der Waals surface area (Å²) in [6.07, 6.45) is 0. The highest BCUT2D eigenvalue weighted by Gasteiger charge is 2.18. The molecule has 2 heterocycles. The standard InChI is InChI=1S/C13H9Cl3N4O2/c1-21-9-5-10(22-2)20-13(17-9)18-12(19-20)11-7(15)3-6(14)4-8(11)16/h3-5H,1-2H3. The summed E-state index contributed by atoms with van der Waals surface area (Å²) >= 11 is 18.3. The highest BCUT2D eigenvalue weighted by atomic mass is 35.5. The van der Waals surface area contributed by atoms with Crippen LogP contribution in [0.1, 0.15) is 0 Å². The third kappa shape index (κ3) is 2.54. The van der Waals surface area contributed by atoms with E-state index in [1.54, 1.807) is 18.2 Å². The number of fused-ring (bicyclic) bond motifs is 1. The van der Waals surface area contributed by atoms with Gasteiger partial charge in [-0.3, -0.25) is 0 Å². The lowest BCUT2D eigenvalue weighted by Gasteiger charge is -2.04. The van der Waals surface area contributed by atoms with Gasteiger partial charge in [0.2, 0.25) is 11.8 Å². The monoisotopic (exact) mass is 358 g/mol. The Morgan fingerprint density at radius 3 is 2.23 bits per heavy atom. The molecule has 1 aromatic carbocycles. The summed E-state index contributed by atoms with van der Waals surface area (Å²) in [5.41, 5.74) is 0.472. The molecular formula is C13H9Cl3N4O2. The van der Waals surface area contributed by atoms with Gasteiger partial charge in [0.05, 0.1) is 35.9 Å². The molecule has 2 aromatic heterocycles. The molecule has 0 atom stereocenters. The van der Waals surface area contributed by atoms with E-state index < -0.39 is 0 Å². The van der Waals surface area contributed by atoms with Gasteiger partial charge in [-0.15, -0.1) is 5.10 Å². The summed E-state index contributed by atoms with van der Waals surface area (Å²) in [7, 11) is 3.01. The second kappa shape index (κ2) is 5.79. The van der Waals surface area contributed by atoms with Crippen LogP contribution < -0.4 is 9.47 Å². The van der Waals surface area contributed by atoms with Crippen molar-refractivity contribution in [3.05, 3.63) is 33.3 Å². The van der Waals surface area contributed by atoms with Gasteiger partial charge in [-0.05, 0) is 12.1 Å². The van der Waals surface area contributed by atoms with Crippen molar-refractivity contribution in [2.45, 2.75) is 0 Å². The maximum absolute atomic E-state index is 6.19. The summed E-state index contributed by atoms with van der Waals surface area (Å²) in [5, 5.41) is 5.45. The SMILES string of the molecule is COc1cc(OC)n2nc(-c3c(Cl)cc(Cl)cc3Cl)nc2n1. The first-order chi connectivity index (χ1) is 10.5. The Morgan fingerprint density at radius 2 is 1.64 bits per heavy atom. The number of halogens is 3. The van der Waals surface area contributed by atoms with E-state index in [1.807, 2.05) is 0 Å². The minimum absolute atomic E-state index is 0.299. The third-order valence-corrected chi connectivity index (χ3v) is 3.72. The first kappa shape index (κ1) is 15.1. The van der Waals surface area contributed by atoms with Crippen molar-refractivity contribution in [3.8, 4) is 23.1 Å². The van der Waals surface area contributed by atoms with Crippen molar-refractivity contribution in [3.63, 3.8) is 0 Å². The van der Waals surface area contributed by atoms with E-state index in [4.69, 9.17) is 44.3 Å². The van der Waals surface area contributed by atoms with Crippen LogP contribution in [0.25, 0.3) is 17.2 Å². The fourth-order valence-electron chi connectivity index (χ4n) is 1.93. The minimum Gasteiger partial charge on any atom is -0.481 e. The minimum atomic E-state index is 0.299. The van der Waals surface area contributed by atoms with Crippen LogP contribution in [0.3, 0.4) is 0 Å². The summed E-state index contributed by atoms with van der Waals surface area (Å²) < 4.78 is 11.8. The summed E-state index contributed by atoms with van der Waals surface area (Å²) in [6.45, 7) is 0. The highest BCUT2D eigenvalue weighted by Crippen LogP contribution is 2.36. The number of nitrogens with zero attached hydrogens (tertiary/aromatic N) is 4.